The zero-order chi connectivity index (χ0) is 32.5. The molecule has 5 aromatic carbocycles. The van der Waals surface area contributed by atoms with Crippen LogP contribution in [0.15, 0.2) is 133 Å². The Balaban J connectivity index is 1.33. The topological polar surface area (TPSA) is 64.5 Å². The van der Waals surface area contributed by atoms with Crippen molar-refractivity contribution in [3.05, 3.63) is 156 Å². The molecular formula is C43H33N5. The quantitative estimate of drug-likeness (QED) is 0.185. The van der Waals surface area contributed by atoms with E-state index in [4.69, 9.17) is 24.9 Å². The summed E-state index contributed by atoms with van der Waals surface area (Å²) in [7, 11) is 0. The van der Waals surface area contributed by atoms with Crippen molar-refractivity contribution in [2.45, 2.75) is 26.7 Å². The lowest BCUT2D eigenvalue weighted by atomic mass is 9.91. The molecule has 0 saturated carbocycles. The number of fused-ring (bicyclic) bond motifs is 1. The number of hydrogen-bond donors (Lipinski definition) is 0. The fourth-order valence-electron chi connectivity index (χ4n) is 6.33. The van der Waals surface area contributed by atoms with E-state index >= 15 is 0 Å². The molecule has 8 rings (SSSR count). The van der Waals surface area contributed by atoms with E-state index in [-0.39, 0.29) is 0 Å². The van der Waals surface area contributed by atoms with Crippen LogP contribution in [0.2, 0.25) is 0 Å². The molecule has 7 aromatic rings. The van der Waals surface area contributed by atoms with Gasteiger partial charge in [0.05, 0.1) is 0 Å². The van der Waals surface area contributed by atoms with Gasteiger partial charge in [0.25, 0.3) is 0 Å². The van der Waals surface area contributed by atoms with Crippen LogP contribution in [0.1, 0.15) is 28.9 Å². The number of aryl methyl sites for hydroxylation is 3. The molecule has 2 heterocycles. The zero-order valence-corrected chi connectivity index (χ0v) is 26.9. The number of rotatable bonds is 6. The first-order valence-corrected chi connectivity index (χ1v) is 16.3. The molecular weight excluding hydrogens is 587 g/mol. The van der Waals surface area contributed by atoms with E-state index in [0.29, 0.717) is 17.5 Å². The highest BCUT2D eigenvalue weighted by atomic mass is 15.0. The monoisotopic (exact) mass is 619 g/mol. The van der Waals surface area contributed by atoms with E-state index in [2.05, 4.69) is 72.8 Å². The van der Waals surface area contributed by atoms with Crippen molar-refractivity contribution < 1.29 is 0 Å². The van der Waals surface area contributed by atoms with Crippen LogP contribution < -0.4 is 0 Å². The number of hydrogen-bond acceptors (Lipinski definition) is 5. The minimum atomic E-state index is 0.623. The normalized spacial score (nSPS) is 12.1. The van der Waals surface area contributed by atoms with Crippen LogP contribution in [0.25, 0.3) is 73.9 Å². The lowest BCUT2D eigenvalue weighted by Crippen LogP contribution is -2.00. The molecule has 5 heteroatoms. The van der Waals surface area contributed by atoms with Crippen molar-refractivity contribution in [2.24, 2.45) is 0 Å². The van der Waals surface area contributed by atoms with E-state index in [1.807, 2.05) is 80.6 Å². The molecule has 1 aliphatic carbocycles. The average molecular weight is 620 g/mol. The average Bonchev–Trinajstić information content (AvgIpc) is 3.14. The molecule has 0 amide bonds. The third kappa shape index (κ3) is 6.06. The number of nitrogens with zero attached hydrogens (tertiary/aromatic N) is 5. The lowest BCUT2D eigenvalue weighted by Gasteiger charge is -2.15. The van der Waals surface area contributed by atoms with Crippen LogP contribution in [0.4, 0.5) is 0 Å². The summed E-state index contributed by atoms with van der Waals surface area (Å²) < 4.78 is 0. The number of benzene rings is 5. The first-order valence-electron chi connectivity index (χ1n) is 16.3. The van der Waals surface area contributed by atoms with Crippen LogP contribution in [-0.2, 0) is 6.42 Å². The number of aromatic nitrogens is 5. The third-order valence-electron chi connectivity index (χ3n) is 8.68. The molecule has 0 spiro atoms. The zero-order valence-electron chi connectivity index (χ0n) is 26.9. The Morgan fingerprint density at radius 3 is 1.54 bits per heavy atom. The van der Waals surface area contributed by atoms with Gasteiger partial charge in [-0.25, -0.2) is 24.9 Å². The maximum atomic E-state index is 5.07. The Bertz CT molecular complexity index is 2230. The molecule has 0 atom stereocenters. The third-order valence-corrected chi connectivity index (χ3v) is 8.68. The molecule has 0 saturated heterocycles. The van der Waals surface area contributed by atoms with Gasteiger partial charge in [-0.05, 0) is 96.5 Å². The van der Waals surface area contributed by atoms with Crippen LogP contribution >= 0.6 is 0 Å². The van der Waals surface area contributed by atoms with E-state index in [0.717, 1.165) is 74.6 Å². The predicted molar refractivity (Wildman–Crippen MR) is 195 cm³/mol. The smallest absolute Gasteiger partial charge is 0.164 e. The summed E-state index contributed by atoms with van der Waals surface area (Å²) in [6.45, 7) is 4.02. The van der Waals surface area contributed by atoms with E-state index in [9.17, 15) is 0 Å². The molecule has 0 unspecified atom stereocenters. The summed E-state index contributed by atoms with van der Waals surface area (Å²) in [5.41, 5.74) is 12.7. The molecule has 2 aromatic heterocycles. The minimum Gasteiger partial charge on any atom is -0.233 e. The van der Waals surface area contributed by atoms with Crippen molar-refractivity contribution in [3.63, 3.8) is 0 Å². The molecule has 0 N–H and O–H groups in total. The standard InChI is InChI=1S/C43H33N5/c1-28-22-29(2)45-42(44-28)36-19-11-18-34(24-36)37-25-38(35-21-20-30-12-9-10-17-33(30)23-35)27-39(26-37)43-47-40(31-13-5-3-6-14-31)46-41(48-43)32-15-7-4-8-16-32/h3-8,10-11,13-27H,9,12H2,1-2H3. The molecule has 0 aliphatic heterocycles. The number of allylic oxidation sites excluding steroid dienone is 1. The molecule has 0 radical (unpaired) electrons. The molecule has 48 heavy (non-hydrogen) atoms. The molecule has 0 bridgehead atoms. The molecule has 230 valence electrons. The van der Waals surface area contributed by atoms with Gasteiger partial charge in [0.15, 0.2) is 23.3 Å². The maximum Gasteiger partial charge on any atom is 0.164 e. The van der Waals surface area contributed by atoms with Crippen LogP contribution in [0.3, 0.4) is 0 Å². The van der Waals surface area contributed by atoms with E-state index < -0.39 is 0 Å². The van der Waals surface area contributed by atoms with Crippen LogP contribution in [0, 0.1) is 13.8 Å². The second kappa shape index (κ2) is 12.6. The second-order valence-electron chi connectivity index (χ2n) is 12.2. The SMILES string of the molecule is Cc1cc(C)nc(-c2cccc(-c3cc(-c4ccc5c(c4)C=CCC5)cc(-c4nc(-c5ccccc5)nc(-c5ccccc5)n4)c3)c2)n1. The lowest BCUT2D eigenvalue weighted by molar-refractivity contribution is 0.986. The van der Waals surface area contributed by atoms with E-state index in [1.54, 1.807) is 0 Å². The first kappa shape index (κ1) is 29.3. The summed E-state index contributed by atoms with van der Waals surface area (Å²) >= 11 is 0. The summed E-state index contributed by atoms with van der Waals surface area (Å²) in [6, 6.07) is 44.1. The summed E-state index contributed by atoms with van der Waals surface area (Å²) in [6.07, 6.45) is 6.65. The van der Waals surface area contributed by atoms with Gasteiger partial charge in [0.1, 0.15) is 0 Å². The highest BCUT2D eigenvalue weighted by molar-refractivity contribution is 5.82. The van der Waals surface area contributed by atoms with Gasteiger partial charge < -0.3 is 0 Å². The predicted octanol–water partition coefficient (Wildman–Crippen LogP) is 10.2. The Hall–Kier alpha value is -6.07. The first-order chi connectivity index (χ1) is 23.6. The van der Waals surface area contributed by atoms with Gasteiger partial charge in [0, 0.05) is 33.6 Å². The Morgan fingerprint density at radius 2 is 0.896 bits per heavy atom. The largest absolute Gasteiger partial charge is 0.233 e. The summed E-state index contributed by atoms with van der Waals surface area (Å²) in [4.78, 5) is 24.6. The molecule has 5 nitrogen and oxygen atoms in total. The molecule has 1 aliphatic rings. The van der Waals surface area contributed by atoms with Crippen molar-refractivity contribution in [1.29, 1.82) is 0 Å². The van der Waals surface area contributed by atoms with Gasteiger partial charge >= 0.3 is 0 Å². The van der Waals surface area contributed by atoms with Crippen molar-refractivity contribution in [2.75, 3.05) is 0 Å². The van der Waals surface area contributed by atoms with Crippen LogP contribution in [0.5, 0.6) is 0 Å². The van der Waals surface area contributed by atoms with Crippen molar-refractivity contribution >= 4 is 6.08 Å². The van der Waals surface area contributed by atoms with Gasteiger partial charge in [-0.3, -0.25) is 0 Å². The van der Waals surface area contributed by atoms with Crippen molar-refractivity contribution in [1.82, 2.24) is 24.9 Å². The summed E-state index contributed by atoms with van der Waals surface area (Å²) in [5.74, 6) is 2.63. The fraction of sp³-hybridized carbons (Fsp3) is 0.0930. The minimum absolute atomic E-state index is 0.623. The van der Waals surface area contributed by atoms with Gasteiger partial charge in [-0.1, -0.05) is 103 Å². The highest BCUT2D eigenvalue weighted by Crippen LogP contribution is 2.36. The van der Waals surface area contributed by atoms with Gasteiger partial charge in [0.2, 0.25) is 0 Å². The Kier molecular flexibility index (Phi) is 7.71. The second-order valence-corrected chi connectivity index (χ2v) is 12.2. The van der Waals surface area contributed by atoms with Gasteiger partial charge in [-0.2, -0.15) is 0 Å². The van der Waals surface area contributed by atoms with E-state index in [1.165, 1.54) is 11.1 Å². The summed E-state index contributed by atoms with van der Waals surface area (Å²) in [5, 5.41) is 0. The maximum absolute atomic E-state index is 5.07. The van der Waals surface area contributed by atoms with Crippen molar-refractivity contribution in [3.8, 4) is 67.8 Å². The van der Waals surface area contributed by atoms with Crippen LogP contribution in [-0.4, -0.2) is 24.9 Å². The molecule has 0 fully saturated rings. The fourth-order valence-corrected chi connectivity index (χ4v) is 6.33. The van der Waals surface area contributed by atoms with Gasteiger partial charge in [-0.15, -0.1) is 0 Å². The Morgan fingerprint density at radius 1 is 0.396 bits per heavy atom. The Labute approximate surface area is 280 Å². The highest BCUT2D eigenvalue weighted by Gasteiger charge is 2.16.